The Hall–Kier alpha value is -1.21. The molecule has 0 amide bonds. The molecule has 144 valence electrons. The third-order valence-corrected chi connectivity index (χ3v) is 4.62. The quantitative estimate of drug-likeness (QED) is 0.207. The minimum atomic E-state index is -0.173. The van der Waals surface area contributed by atoms with E-state index in [1.54, 1.807) is 0 Å². The second kappa shape index (κ2) is 13.9. The summed E-state index contributed by atoms with van der Waals surface area (Å²) >= 11 is 4.56. The zero-order chi connectivity index (χ0) is 19.2. The topological polar surface area (TPSA) is 29.5 Å². The Morgan fingerprint density at radius 3 is 2.77 bits per heavy atom. The Morgan fingerprint density at radius 1 is 1.35 bits per heavy atom. The van der Waals surface area contributed by atoms with Gasteiger partial charge < -0.3 is 9.84 Å². The van der Waals surface area contributed by atoms with Crippen molar-refractivity contribution >= 4 is 12.6 Å². The first-order valence-electron chi connectivity index (χ1n) is 9.68. The van der Waals surface area contributed by atoms with Crippen molar-refractivity contribution in [2.24, 2.45) is 0 Å². The molecule has 2 nitrogen and oxygen atoms in total. The summed E-state index contributed by atoms with van der Waals surface area (Å²) < 4.78 is 5.69. The minimum absolute atomic E-state index is 0.0402. The van der Waals surface area contributed by atoms with E-state index in [2.05, 4.69) is 55.4 Å². The zero-order valence-electron chi connectivity index (χ0n) is 16.3. The van der Waals surface area contributed by atoms with Crippen LogP contribution in [0.1, 0.15) is 58.8 Å². The normalized spacial score (nSPS) is 16.0. The van der Waals surface area contributed by atoms with Gasteiger partial charge in [0.2, 0.25) is 0 Å². The number of rotatable bonds is 12. The molecule has 0 saturated heterocycles. The molecule has 1 rings (SSSR count). The first-order chi connectivity index (χ1) is 12.5. The molecular weight excluding hydrogens is 340 g/mol. The molecule has 0 spiro atoms. The van der Waals surface area contributed by atoms with Crippen LogP contribution in [-0.4, -0.2) is 29.7 Å². The van der Waals surface area contributed by atoms with Crippen molar-refractivity contribution in [3.05, 3.63) is 47.6 Å². The van der Waals surface area contributed by atoms with Gasteiger partial charge in [0.15, 0.2) is 0 Å². The highest BCUT2D eigenvalue weighted by atomic mass is 32.1. The van der Waals surface area contributed by atoms with Gasteiger partial charge in [0.05, 0.1) is 18.0 Å². The molecular formula is C23H34O2S. The van der Waals surface area contributed by atoms with E-state index in [0.717, 1.165) is 49.9 Å². The van der Waals surface area contributed by atoms with Gasteiger partial charge >= 0.3 is 0 Å². The summed E-state index contributed by atoms with van der Waals surface area (Å²) in [5.41, 5.74) is 3.14. The lowest BCUT2D eigenvalue weighted by Gasteiger charge is -2.05. The van der Waals surface area contributed by atoms with E-state index < -0.39 is 0 Å². The van der Waals surface area contributed by atoms with Crippen LogP contribution in [0.4, 0.5) is 0 Å². The van der Waals surface area contributed by atoms with E-state index in [-0.39, 0.29) is 11.4 Å². The van der Waals surface area contributed by atoms with Crippen molar-refractivity contribution in [3.63, 3.8) is 0 Å². The predicted molar refractivity (Wildman–Crippen MR) is 115 cm³/mol. The lowest BCUT2D eigenvalue weighted by molar-refractivity contribution is 0.133. The zero-order valence-corrected chi connectivity index (χ0v) is 17.2. The predicted octanol–water partition coefficient (Wildman–Crippen LogP) is 5.42. The average molecular weight is 375 g/mol. The number of hydrogen-bond acceptors (Lipinski definition) is 3. The molecule has 0 bridgehead atoms. The van der Waals surface area contributed by atoms with Crippen molar-refractivity contribution in [1.29, 1.82) is 0 Å². The second-order valence-electron chi connectivity index (χ2n) is 6.87. The van der Waals surface area contributed by atoms with Crippen LogP contribution in [0, 0.1) is 11.8 Å². The van der Waals surface area contributed by atoms with Crippen molar-refractivity contribution in [2.45, 2.75) is 70.1 Å². The molecule has 1 aliphatic carbocycles. The standard InChI is InChI=1S/C23H34O2S/c1-19(2)21(15-16-23(26)22-12-7-8-13-22)14-10-18-25-17-9-5-4-6-11-20(3)24/h7,12-14,20,23-24,26H,1,4-6,8-11,17-18H2,2-3H3. The summed E-state index contributed by atoms with van der Waals surface area (Å²) in [6, 6.07) is 0. The Morgan fingerprint density at radius 2 is 2.12 bits per heavy atom. The van der Waals surface area contributed by atoms with Crippen molar-refractivity contribution in [2.75, 3.05) is 13.2 Å². The number of ether oxygens (including phenoxy) is 1. The van der Waals surface area contributed by atoms with E-state index in [1.165, 1.54) is 18.4 Å². The third kappa shape index (κ3) is 10.7. The molecule has 2 unspecified atom stereocenters. The van der Waals surface area contributed by atoms with E-state index in [1.807, 2.05) is 13.8 Å². The lowest BCUT2D eigenvalue weighted by Crippen LogP contribution is -1.99. The monoisotopic (exact) mass is 374 g/mol. The van der Waals surface area contributed by atoms with Crippen LogP contribution in [0.25, 0.3) is 0 Å². The van der Waals surface area contributed by atoms with Gasteiger partial charge in [-0.1, -0.05) is 62.0 Å². The molecule has 1 aliphatic rings. The number of allylic oxidation sites excluding steroid dienone is 5. The van der Waals surface area contributed by atoms with Gasteiger partial charge in [-0.15, -0.1) is 0 Å². The fourth-order valence-corrected chi connectivity index (χ4v) is 2.88. The minimum Gasteiger partial charge on any atom is -0.393 e. The van der Waals surface area contributed by atoms with E-state index in [0.29, 0.717) is 6.61 Å². The summed E-state index contributed by atoms with van der Waals surface area (Å²) in [6.07, 6.45) is 15.6. The van der Waals surface area contributed by atoms with Crippen LogP contribution in [0.3, 0.4) is 0 Å². The van der Waals surface area contributed by atoms with Gasteiger partial charge in [-0.2, -0.15) is 12.6 Å². The molecule has 0 aliphatic heterocycles. The number of aliphatic hydroxyl groups is 1. The molecule has 0 fully saturated rings. The third-order valence-electron chi connectivity index (χ3n) is 4.19. The van der Waals surface area contributed by atoms with Crippen LogP contribution in [0.5, 0.6) is 0 Å². The number of hydrogen-bond donors (Lipinski definition) is 2. The van der Waals surface area contributed by atoms with Crippen molar-refractivity contribution in [3.8, 4) is 11.8 Å². The molecule has 1 N–H and O–H groups in total. The van der Waals surface area contributed by atoms with E-state index in [9.17, 15) is 5.11 Å². The SMILES string of the molecule is C=C(C)C(C#CC(S)C1=CCC=C1)=CCCOCCCCCCC(C)O. The molecule has 3 heteroatoms. The van der Waals surface area contributed by atoms with Gasteiger partial charge in [-0.25, -0.2) is 0 Å². The second-order valence-corrected chi connectivity index (χ2v) is 7.38. The molecule has 0 saturated carbocycles. The Bertz CT molecular complexity index is 573. The molecule has 2 atom stereocenters. The highest BCUT2D eigenvalue weighted by Crippen LogP contribution is 2.17. The largest absolute Gasteiger partial charge is 0.393 e. The molecule has 0 radical (unpaired) electrons. The maximum atomic E-state index is 9.20. The molecule has 26 heavy (non-hydrogen) atoms. The first kappa shape index (κ1) is 22.8. The van der Waals surface area contributed by atoms with Gasteiger partial charge in [0, 0.05) is 12.2 Å². The molecule has 0 aromatic rings. The summed E-state index contributed by atoms with van der Waals surface area (Å²) in [5.74, 6) is 6.42. The van der Waals surface area contributed by atoms with Gasteiger partial charge in [-0.05, 0) is 50.7 Å². The van der Waals surface area contributed by atoms with Crippen molar-refractivity contribution < 1.29 is 9.84 Å². The average Bonchev–Trinajstić information content (AvgIpc) is 3.12. The Kier molecular flexibility index (Phi) is 12.2. The first-order valence-corrected chi connectivity index (χ1v) is 10.2. The van der Waals surface area contributed by atoms with Gasteiger partial charge in [-0.3, -0.25) is 0 Å². The maximum absolute atomic E-state index is 9.20. The highest BCUT2D eigenvalue weighted by molar-refractivity contribution is 7.81. The smallest absolute Gasteiger partial charge is 0.0877 e. The summed E-state index contributed by atoms with van der Waals surface area (Å²) in [5, 5.41) is 9.16. The fraction of sp³-hybridized carbons (Fsp3) is 0.565. The van der Waals surface area contributed by atoms with E-state index in [4.69, 9.17) is 4.74 Å². The summed E-state index contributed by atoms with van der Waals surface area (Å²) in [7, 11) is 0. The van der Waals surface area contributed by atoms with Crippen LogP contribution in [0.2, 0.25) is 0 Å². The Balaban J connectivity index is 2.22. The van der Waals surface area contributed by atoms with E-state index >= 15 is 0 Å². The van der Waals surface area contributed by atoms with Crippen LogP contribution in [0.15, 0.2) is 47.6 Å². The fourth-order valence-electron chi connectivity index (χ4n) is 2.63. The molecule has 0 aromatic heterocycles. The van der Waals surface area contributed by atoms with Crippen LogP contribution < -0.4 is 0 Å². The summed E-state index contributed by atoms with van der Waals surface area (Å²) in [6.45, 7) is 9.36. The highest BCUT2D eigenvalue weighted by Gasteiger charge is 2.05. The number of thiol groups is 1. The number of aliphatic hydroxyl groups excluding tert-OH is 1. The molecule has 0 aromatic carbocycles. The number of unbranched alkanes of at least 4 members (excludes halogenated alkanes) is 3. The van der Waals surface area contributed by atoms with Crippen molar-refractivity contribution in [1.82, 2.24) is 0 Å². The maximum Gasteiger partial charge on any atom is 0.0877 e. The van der Waals surface area contributed by atoms with Gasteiger partial charge in [0.1, 0.15) is 0 Å². The van der Waals surface area contributed by atoms with Gasteiger partial charge in [0.25, 0.3) is 0 Å². The lowest BCUT2D eigenvalue weighted by atomic mass is 10.1. The molecule has 0 heterocycles. The summed E-state index contributed by atoms with van der Waals surface area (Å²) in [4.78, 5) is 0. The Labute approximate surface area is 165 Å². The van der Waals surface area contributed by atoms with Crippen LogP contribution >= 0.6 is 12.6 Å². The van der Waals surface area contributed by atoms with Crippen LogP contribution in [-0.2, 0) is 4.74 Å².